The number of hydrogen-bond donors (Lipinski definition) is 0. The van der Waals surface area contributed by atoms with Gasteiger partial charge in [0, 0.05) is 27.8 Å². The van der Waals surface area contributed by atoms with Crippen LogP contribution in [0.25, 0.3) is 64.6 Å². The summed E-state index contributed by atoms with van der Waals surface area (Å²) in [4.78, 5) is 0. The van der Waals surface area contributed by atoms with Gasteiger partial charge < -0.3 is 4.74 Å². The Morgan fingerprint density at radius 3 is 1.16 bits per heavy atom. The maximum atomic E-state index is 7.27. The number of benzene rings is 9. The summed E-state index contributed by atoms with van der Waals surface area (Å²) in [6.45, 7) is 0. The molecule has 0 atom stereocenters. The molecule has 0 spiro atoms. The molecule has 204 valence electrons. The molecule has 0 fully saturated rings. The summed E-state index contributed by atoms with van der Waals surface area (Å²) in [6.07, 6.45) is 0. The van der Waals surface area contributed by atoms with Crippen molar-refractivity contribution < 1.29 is 4.74 Å². The van der Waals surface area contributed by atoms with Crippen molar-refractivity contribution in [2.75, 3.05) is 0 Å². The normalized spacial score (nSPS) is 13.1. The highest BCUT2D eigenvalue weighted by atomic mass is 16.5. The molecule has 0 N–H and O–H groups in total. The van der Waals surface area contributed by atoms with E-state index in [-0.39, 0.29) is 5.92 Å². The summed E-state index contributed by atoms with van der Waals surface area (Å²) in [5.74, 6) is 1.89. The number of hydrogen-bond acceptors (Lipinski definition) is 1. The SMILES string of the molecule is c1ccc2c(c1)cc(C1c3c(c4ccccc4c4ccccc34)Oc3c1c1ccccc1c1ccccc31)c1ccccc12. The lowest BCUT2D eigenvalue weighted by Crippen LogP contribution is -2.14. The Morgan fingerprint density at radius 2 is 0.659 bits per heavy atom. The molecule has 10 rings (SSSR count). The van der Waals surface area contributed by atoms with E-state index in [4.69, 9.17) is 4.74 Å². The van der Waals surface area contributed by atoms with Crippen molar-refractivity contribution in [2.24, 2.45) is 0 Å². The Kier molecular flexibility index (Phi) is 4.84. The third-order valence-corrected chi connectivity index (χ3v) is 9.74. The van der Waals surface area contributed by atoms with Gasteiger partial charge in [0.15, 0.2) is 0 Å². The smallest absolute Gasteiger partial charge is 0.140 e. The Labute approximate surface area is 254 Å². The van der Waals surface area contributed by atoms with Gasteiger partial charge in [0.05, 0.1) is 0 Å². The van der Waals surface area contributed by atoms with Crippen LogP contribution in [0.3, 0.4) is 0 Å². The van der Waals surface area contributed by atoms with Crippen molar-refractivity contribution >= 4 is 64.6 Å². The van der Waals surface area contributed by atoms with Crippen LogP contribution in [0, 0.1) is 0 Å². The topological polar surface area (TPSA) is 9.23 Å². The third-order valence-electron chi connectivity index (χ3n) is 9.74. The lowest BCUT2D eigenvalue weighted by Gasteiger charge is -2.34. The van der Waals surface area contributed by atoms with Gasteiger partial charge >= 0.3 is 0 Å². The highest BCUT2D eigenvalue weighted by Gasteiger charge is 2.36. The zero-order chi connectivity index (χ0) is 28.8. The summed E-state index contributed by atoms with van der Waals surface area (Å²) >= 11 is 0. The fourth-order valence-electron chi connectivity index (χ4n) is 7.94. The lowest BCUT2D eigenvalue weighted by atomic mass is 9.74. The molecule has 9 aromatic rings. The molecule has 0 radical (unpaired) electrons. The molecule has 1 aliphatic heterocycles. The Morgan fingerprint density at radius 1 is 0.318 bits per heavy atom. The summed E-state index contributed by atoms with van der Waals surface area (Å²) in [6, 6.07) is 55.4. The van der Waals surface area contributed by atoms with E-state index in [1.807, 2.05) is 0 Å². The predicted octanol–water partition coefficient (Wildman–Crippen LogP) is 11.9. The molecular formula is C43H26O. The minimum Gasteiger partial charge on any atom is -0.455 e. The maximum Gasteiger partial charge on any atom is 0.140 e. The van der Waals surface area contributed by atoms with Gasteiger partial charge in [0.25, 0.3) is 0 Å². The van der Waals surface area contributed by atoms with E-state index < -0.39 is 0 Å². The van der Waals surface area contributed by atoms with Crippen LogP contribution in [0.2, 0.25) is 0 Å². The summed E-state index contributed by atoms with van der Waals surface area (Å²) in [7, 11) is 0. The summed E-state index contributed by atoms with van der Waals surface area (Å²) < 4.78 is 7.27. The van der Waals surface area contributed by atoms with Crippen LogP contribution in [-0.4, -0.2) is 0 Å². The molecule has 0 aromatic heterocycles. The average molecular weight is 559 g/mol. The fourth-order valence-corrected chi connectivity index (χ4v) is 7.94. The fraction of sp³-hybridized carbons (Fsp3) is 0.0233. The number of rotatable bonds is 1. The van der Waals surface area contributed by atoms with E-state index in [0.29, 0.717) is 0 Å². The van der Waals surface area contributed by atoms with E-state index in [9.17, 15) is 0 Å². The molecule has 1 nitrogen and oxygen atoms in total. The first kappa shape index (κ1) is 23.9. The van der Waals surface area contributed by atoms with Crippen LogP contribution in [0.5, 0.6) is 11.5 Å². The van der Waals surface area contributed by atoms with Crippen molar-refractivity contribution in [2.45, 2.75) is 5.92 Å². The first-order valence-electron chi connectivity index (χ1n) is 15.3. The maximum absolute atomic E-state index is 7.27. The van der Waals surface area contributed by atoms with Gasteiger partial charge in [-0.25, -0.2) is 0 Å². The van der Waals surface area contributed by atoms with Gasteiger partial charge in [-0.3, -0.25) is 0 Å². The van der Waals surface area contributed by atoms with Crippen LogP contribution >= 0.6 is 0 Å². The van der Waals surface area contributed by atoms with Crippen LogP contribution < -0.4 is 4.74 Å². The Balaban J connectivity index is 1.48. The second-order valence-corrected chi connectivity index (χ2v) is 11.9. The average Bonchev–Trinajstić information content (AvgIpc) is 3.10. The molecular weight excluding hydrogens is 532 g/mol. The second-order valence-electron chi connectivity index (χ2n) is 11.9. The standard InChI is InChI=1S/C43H26O/c1-2-14-27-26(13-1)25-38(33-20-4-3-15-28(27)33)39-40-34-21-9-5-16-29(34)31-18-7-11-23-36(31)42(40)44-43-37-24-12-8-19-32(37)30-17-6-10-22-35(30)41(39)43/h1-25,39H. The number of fused-ring (bicyclic) bond motifs is 15. The van der Waals surface area contributed by atoms with Crippen molar-refractivity contribution in [3.05, 3.63) is 168 Å². The highest BCUT2D eigenvalue weighted by Crippen LogP contribution is 2.58. The molecule has 44 heavy (non-hydrogen) atoms. The molecule has 0 unspecified atom stereocenters. The van der Waals surface area contributed by atoms with E-state index in [0.717, 1.165) is 22.3 Å². The minimum absolute atomic E-state index is 0.0488. The molecule has 1 heteroatoms. The summed E-state index contributed by atoms with van der Waals surface area (Å²) in [5, 5.41) is 14.8. The molecule has 1 aliphatic rings. The van der Waals surface area contributed by atoms with Gasteiger partial charge in [-0.2, -0.15) is 0 Å². The molecule has 0 bridgehead atoms. The van der Waals surface area contributed by atoms with Crippen molar-refractivity contribution in [3.63, 3.8) is 0 Å². The first-order chi connectivity index (χ1) is 21.9. The molecule has 1 heterocycles. The van der Waals surface area contributed by atoms with Gasteiger partial charge in [-0.15, -0.1) is 0 Å². The van der Waals surface area contributed by atoms with Gasteiger partial charge in [-0.1, -0.05) is 146 Å². The monoisotopic (exact) mass is 558 g/mol. The van der Waals surface area contributed by atoms with Crippen molar-refractivity contribution in [1.29, 1.82) is 0 Å². The van der Waals surface area contributed by atoms with Crippen molar-refractivity contribution in [1.82, 2.24) is 0 Å². The zero-order valence-electron chi connectivity index (χ0n) is 23.9. The molecule has 0 aliphatic carbocycles. The Bertz CT molecular complexity index is 2520. The van der Waals surface area contributed by atoms with E-state index in [1.54, 1.807) is 0 Å². The van der Waals surface area contributed by atoms with Gasteiger partial charge in [-0.05, 0) is 65.5 Å². The minimum atomic E-state index is -0.0488. The largest absolute Gasteiger partial charge is 0.455 e. The Hall–Kier alpha value is -5.66. The zero-order valence-corrected chi connectivity index (χ0v) is 23.9. The third kappa shape index (κ3) is 3.13. The lowest BCUT2D eigenvalue weighted by molar-refractivity contribution is 0.467. The van der Waals surface area contributed by atoms with E-state index >= 15 is 0 Å². The summed E-state index contributed by atoms with van der Waals surface area (Å²) in [5.41, 5.74) is 3.80. The van der Waals surface area contributed by atoms with Crippen molar-refractivity contribution in [3.8, 4) is 11.5 Å². The van der Waals surface area contributed by atoms with Gasteiger partial charge in [0.2, 0.25) is 0 Å². The second kappa shape index (κ2) is 8.92. The van der Waals surface area contributed by atoms with E-state index in [2.05, 4.69) is 152 Å². The predicted molar refractivity (Wildman–Crippen MR) is 185 cm³/mol. The molecule has 9 aromatic carbocycles. The molecule has 0 saturated carbocycles. The van der Waals surface area contributed by atoms with Gasteiger partial charge in [0.1, 0.15) is 11.5 Å². The number of ether oxygens (including phenoxy) is 1. The van der Waals surface area contributed by atoms with Crippen LogP contribution in [0.1, 0.15) is 22.6 Å². The van der Waals surface area contributed by atoms with Crippen LogP contribution in [0.4, 0.5) is 0 Å². The quantitative estimate of drug-likeness (QED) is 0.182. The molecule has 0 saturated heterocycles. The first-order valence-corrected chi connectivity index (χ1v) is 15.3. The van der Waals surface area contributed by atoms with Crippen LogP contribution in [0.15, 0.2) is 152 Å². The van der Waals surface area contributed by atoms with E-state index in [1.165, 1.54) is 70.6 Å². The van der Waals surface area contributed by atoms with Crippen LogP contribution in [-0.2, 0) is 0 Å². The molecule has 0 amide bonds. The highest BCUT2D eigenvalue weighted by molar-refractivity contribution is 6.18.